The molecule has 0 aliphatic heterocycles. The monoisotopic (exact) mass is 289 g/mol. The number of benzene rings is 1. The number of primary amides is 1. The van der Waals surface area contributed by atoms with Crippen LogP contribution in [-0.2, 0) is 4.79 Å². The first-order valence-corrected chi connectivity index (χ1v) is 7.46. The third-order valence-electron chi connectivity index (χ3n) is 4.04. The van der Waals surface area contributed by atoms with E-state index in [2.05, 4.69) is 10.2 Å². The molecule has 0 aromatic heterocycles. The summed E-state index contributed by atoms with van der Waals surface area (Å²) in [6.07, 6.45) is 6.17. The lowest BCUT2D eigenvalue weighted by atomic mass is 9.94. The fraction of sp³-hybridized carbons (Fsp3) is 0.500. The summed E-state index contributed by atoms with van der Waals surface area (Å²) in [5.74, 6) is -0.500. The first-order valence-electron chi connectivity index (χ1n) is 7.46. The predicted molar refractivity (Wildman–Crippen MR) is 83.1 cm³/mol. The van der Waals surface area contributed by atoms with Crippen molar-refractivity contribution in [3.05, 3.63) is 29.8 Å². The van der Waals surface area contributed by atoms with Gasteiger partial charge in [-0.2, -0.15) is 0 Å². The van der Waals surface area contributed by atoms with E-state index >= 15 is 0 Å². The quantitative estimate of drug-likeness (QED) is 0.870. The number of carbonyl (C=O) groups excluding carboxylic acids is 2. The molecule has 1 aliphatic rings. The van der Waals surface area contributed by atoms with Gasteiger partial charge in [0.2, 0.25) is 11.8 Å². The van der Waals surface area contributed by atoms with Crippen molar-refractivity contribution in [3.63, 3.8) is 0 Å². The Bertz CT molecular complexity index is 493. The van der Waals surface area contributed by atoms with Crippen LogP contribution in [0, 0.1) is 0 Å². The molecular formula is C16H23N3O2. The fourth-order valence-electron chi connectivity index (χ4n) is 2.80. The highest BCUT2D eigenvalue weighted by Crippen LogP contribution is 2.21. The fourth-order valence-corrected chi connectivity index (χ4v) is 2.80. The summed E-state index contributed by atoms with van der Waals surface area (Å²) in [5.41, 5.74) is 6.30. The Balaban J connectivity index is 1.84. The topological polar surface area (TPSA) is 75.4 Å². The molecule has 1 saturated carbocycles. The van der Waals surface area contributed by atoms with Crippen molar-refractivity contribution >= 4 is 17.5 Å². The van der Waals surface area contributed by atoms with Gasteiger partial charge < -0.3 is 11.1 Å². The lowest BCUT2D eigenvalue weighted by Crippen LogP contribution is -2.39. The Morgan fingerprint density at radius 2 is 1.81 bits per heavy atom. The molecule has 5 heteroatoms. The number of nitrogens with zero attached hydrogens (tertiary/aromatic N) is 1. The minimum Gasteiger partial charge on any atom is -0.366 e. The van der Waals surface area contributed by atoms with Gasteiger partial charge in [0.15, 0.2) is 0 Å². The van der Waals surface area contributed by atoms with Crippen LogP contribution < -0.4 is 11.1 Å². The van der Waals surface area contributed by atoms with Gasteiger partial charge >= 0.3 is 0 Å². The number of nitrogens with one attached hydrogen (secondary N) is 1. The maximum absolute atomic E-state index is 12.0. The number of likely N-dealkylation sites (N-methyl/N-ethyl adjacent to an activating group) is 1. The highest BCUT2D eigenvalue weighted by atomic mass is 16.2. The molecule has 0 spiro atoms. The normalized spacial score (nSPS) is 15.9. The summed E-state index contributed by atoms with van der Waals surface area (Å²) < 4.78 is 0. The number of hydrogen-bond acceptors (Lipinski definition) is 3. The average Bonchev–Trinajstić information content (AvgIpc) is 2.48. The minimum absolute atomic E-state index is 0.0325. The molecule has 2 amide bonds. The lowest BCUT2D eigenvalue weighted by Gasteiger charge is -2.30. The van der Waals surface area contributed by atoms with Gasteiger partial charge in [-0.3, -0.25) is 14.5 Å². The summed E-state index contributed by atoms with van der Waals surface area (Å²) in [5, 5.41) is 2.85. The van der Waals surface area contributed by atoms with Crippen LogP contribution in [0.1, 0.15) is 42.5 Å². The molecule has 1 aromatic carbocycles. The third-order valence-corrected chi connectivity index (χ3v) is 4.04. The molecule has 1 aliphatic carbocycles. The van der Waals surface area contributed by atoms with Gasteiger partial charge in [0, 0.05) is 17.3 Å². The van der Waals surface area contributed by atoms with E-state index in [0.29, 0.717) is 23.8 Å². The Morgan fingerprint density at radius 3 is 2.38 bits per heavy atom. The van der Waals surface area contributed by atoms with Crippen molar-refractivity contribution in [2.24, 2.45) is 5.73 Å². The number of rotatable bonds is 5. The van der Waals surface area contributed by atoms with E-state index in [-0.39, 0.29) is 5.91 Å². The van der Waals surface area contributed by atoms with Crippen LogP contribution in [0.5, 0.6) is 0 Å². The van der Waals surface area contributed by atoms with Crippen molar-refractivity contribution in [3.8, 4) is 0 Å². The van der Waals surface area contributed by atoms with Gasteiger partial charge in [-0.1, -0.05) is 19.3 Å². The first kappa shape index (κ1) is 15.5. The van der Waals surface area contributed by atoms with Gasteiger partial charge in [0.25, 0.3) is 0 Å². The Hall–Kier alpha value is -1.88. The molecule has 5 nitrogen and oxygen atoms in total. The van der Waals surface area contributed by atoms with Crippen molar-refractivity contribution in [2.75, 3.05) is 18.9 Å². The number of nitrogens with two attached hydrogens (primary N) is 1. The molecule has 0 unspecified atom stereocenters. The predicted octanol–water partition coefficient (Wildman–Crippen LogP) is 1.99. The Labute approximate surface area is 125 Å². The number of amides is 2. The Kier molecular flexibility index (Phi) is 5.33. The van der Waals surface area contributed by atoms with Gasteiger partial charge in [-0.15, -0.1) is 0 Å². The molecule has 0 radical (unpaired) electrons. The summed E-state index contributed by atoms with van der Waals surface area (Å²) >= 11 is 0. The molecule has 21 heavy (non-hydrogen) atoms. The molecule has 2 rings (SSSR count). The van der Waals surface area contributed by atoms with Crippen molar-refractivity contribution in [1.29, 1.82) is 0 Å². The molecule has 114 valence electrons. The molecule has 0 atom stereocenters. The van der Waals surface area contributed by atoms with Crippen LogP contribution in [-0.4, -0.2) is 36.3 Å². The number of carbonyl (C=O) groups is 2. The second-order valence-corrected chi connectivity index (χ2v) is 5.70. The van der Waals surface area contributed by atoms with Gasteiger partial charge in [0.05, 0.1) is 6.54 Å². The standard InChI is InChI=1S/C16H23N3O2/c1-19(14-5-3-2-4-6-14)11-15(20)18-13-9-7-12(8-10-13)16(17)21/h7-10,14H,2-6,11H2,1H3,(H2,17,21)(H,18,20). The highest BCUT2D eigenvalue weighted by molar-refractivity contribution is 5.95. The summed E-state index contributed by atoms with van der Waals surface area (Å²) in [7, 11) is 2.01. The number of hydrogen-bond donors (Lipinski definition) is 2. The van der Waals surface area contributed by atoms with Crippen LogP contribution >= 0.6 is 0 Å². The summed E-state index contributed by atoms with van der Waals surface area (Å²) in [6, 6.07) is 7.13. The largest absolute Gasteiger partial charge is 0.366 e. The Morgan fingerprint density at radius 1 is 1.19 bits per heavy atom. The number of anilines is 1. The van der Waals surface area contributed by atoms with Crippen LogP contribution in [0.15, 0.2) is 24.3 Å². The van der Waals surface area contributed by atoms with Gasteiger partial charge in [-0.05, 0) is 44.2 Å². The molecule has 0 heterocycles. The van der Waals surface area contributed by atoms with E-state index in [1.165, 1.54) is 32.1 Å². The highest BCUT2D eigenvalue weighted by Gasteiger charge is 2.19. The zero-order valence-corrected chi connectivity index (χ0v) is 12.5. The van der Waals surface area contributed by atoms with E-state index < -0.39 is 5.91 Å². The van der Waals surface area contributed by atoms with E-state index in [4.69, 9.17) is 5.73 Å². The van der Waals surface area contributed by atoms with Crippen molar-refractivity contribution < 1.29 is 9.59 Å². The summed E-state index contributed by atoms with van der Waals surface area (Å²) in [6.45, 7) is 0.391. The molecule has 0 saturated heterocycles. The second-order valence-electron chi connectivity index (χ2n) is 5.70. The van der Waals surface area contributed by atoms with Crippen LogP contribution in [0.4, 0.5) is 5.69 Å². The second kappa shape index (κ2) is 7.22. The van der Waals surface area contributed by atoms with Crippen LogP contribution in [0.2, 0.25) is 0 Å². The van der Waals surface area contributed by atoms with Gasteiger partial charge in [0.1, 0.15) is 0 Å². The third kappa shape index (κ3) is 4.56. The molecule has 1 fully saturated rings. The zero-order chi connectivity index (χ0) is 15.2. The average molecular weight is 289 g/mol. The van der Waals surface area contributed by atoms with E-state index in [1.54, 1.807) is 24.3 Å². The summed E-state index contributed by atoms with van der Waals surface area (Å²) in [4.78, 5) is 25.2. The minimum atomic E-state index is -0.468. The maximum atomic E-state index is 12.0. The van der Waals surface area contributed by atoms with Crippen LogP contribution in [0.3, 0.4) is 0 Å². The van der Waals surface area contributed by atoms with Crippen LogP contribution in [0.25, 0.3) is 0 Å². The zero-order valence-electron chi connectivity index (χ0n) is 12.5. The molecular weight excluding hydrogens is 266 g/mol. The maximum Gasteiger partial charge on any atom is 0.248 e. The van der Waals surface area contributed by atoms with E-state index in [1.807, 2.05) is 7.05 Å². The molecule has 0 bridgehead atoms. The smallest absolute Gasteiger partial charge is 0.248 e. The van der Waals surface area contributed by atoms with Crippen molar-refractivity contribution in [2.45, 2.75) is 38.1 Å². The van der Waals surface area contributed by atoms with E-state index in [9.17, 15) is 9.59 Å². The molecule has 3 N–H and O–H groups in total. The molecule has 1 aromatic rings. The lowest BCUT2D eigenvalue weighted by molar-refractivity contribution is -0.117. The van der Waals surface area contributed by atoms with Gasteiger partial charge in [-0.25, -0.2) is 0 Å². The SMILES string of the molecule is CN(CC(=O)Nc1ccc(C(N)=O)cc1)C1CCCCC1. The first-order chi connectivity index (χ1) is 10.1. The van der Waals surface area contributed by atoms with E-state index in [0.717, 1.165) is 0 Å². The van der Waals surface area contributed by atoms with Crippen molar-refractivity contribution in [1.82, 2.24) is 4.90 Å².